The summed E-state index contributed by atoms with van der Waals surface area (Å²) in [6.07, 6.45) is 2.60. The third-order valence-electron chi connectivity index (χ3n) is 2.73. The molecule has 0 saturated heterocycles. The van der Waals surface area contributed by atoms with Crippen molar-refractivity contribution >= 4 is 21.4 Å². The molecule has 0 saturated carbocycles. The summed E-state index contributed by atoms with van der Waals surface area (Å²) in [5, 5.41) is 6.12. The van der Waals surface area contributed by atoms with Crippen molar-refractivity contribution in [1.82, 2.24) is 10.2 Å². The van der Waals surface area contributed by atoms with Gasteiger partial charge in [-0.2, -0.15) is 5.10 Å². The summed E-state index contributed by atoms with van der Waals surface area (Å²) in [6, 6.07) is 5.41. The van der Waals surface area contributed by atoms with Crippen LogP contribution >= 0.6 is 0 Å². The highest BCUT2D eigenvalue weighted by Crippen LogP contribution is 2.24. The maximum Gasteiger partial charge on any atom is 0.265 e. The second-order valence-corrected chi connectivity index (χ2v) is 6.12. The summed E-state index contributed by atoms with van der Waals surface area (Å²) in [6.45, 7) is 1.98. The predicted octanol–water partition coefficient (Wildman–Crippen LogP) is 1.58. The van der Waals surface area contributed by atoms with Gasteiger partial charge < -0.3 is 4.90 Å². The van der Waals surface area contributed by atoms with E-state index in [1.807, 2.05) is 32.0 Å². The van der Waals surface area contributed by atoms with Crippen molar-refractivity contribution in [1.29, 1.82) is 0 Å². The molecule has 2 N–H and O–H groups in total. The van der Waals surface area contributed by atoms with E-state index in [1.54, 1.807) is 12.1 Å². The minimum Gasteiger partial charge on any atom is -0.377 e. The Hall–Kier alpha value is -2.02. The molecule has 1 aromatic carbocycles. The standard InChI is InChI=1S/C12H16N4O2S/c1-9-4-5-10(6-12(9)16(2)3)15-19(17,18)11-7-13-14-8-11/h4-8,15H,1-3H3,(H,13,14). The van der Waals surface area contributed by atoms with Crippen LogP contribution in [0.4, 0.5) is 11.4 Å². The van der Waals surface area contributed by atoms with Crippen LogP contribution in [0, 0.1) is 6.92 Å². The molecule has 0 atom stereocenters. The molecule has 1 heterocycles. The second-order valence-electron chi connectivity index (χ2n) is 4.44. The topological polar surface area (TPSA) is 78.1 Å². The average Bonchev–Trinajstić information content (AvgIpc) is 2.85. The van der Waals surface area contributed by atoms with Gasteiger partial charge in [-0.25, -0.2) is 8.42 Å². The van der Waals surface area contributed by atoms with Gasteiger partial charge in [0.25, 0.3) is 10.0 Å². The van der Waals surface area contributed by atoms with E-state index < -0.39 is 10.0 Å². The van der Waals surface area contributed by atoms with Crippen LogP contribution in [0.1, 0.15) is 5.56 Å². The first kappa shape index (κ1) is 13.4. The quantitative estimate of drug-likeness (QED) is 0.891. The third-order valence-corrected chi connectivity index (χ3v) is 4.07. The Morgan fingerprint density at radius 1 is 1.32 bits per heavy atom. The number of H-pyrrole nitrogens is 1. The molecule has 0 aliphatic rings. The zero-order chi connectivity index (χ0) is 14.0. The smallest absolute Gasteiger partial charge is 0.265 e. The van der Waals surface area contributed by atoms with Crippen LogP contribution in [0.25, 0.3) is 0 Å². The molecule has 0 aliphatic heterocycles. The van der Waals surface area contributed by atoms with Gasteiger partial charge in [0.15, 0.2) is 0 Å². The first-order valence-electron chi connectivity index (χ1n) is 5.70. The van der Waals surface area contributed by atoms with E-state index in [0.29, 0.717) is 5.69 Å². The van der Waals surface area contributed by atoms with E-state index in [0.717, 1.165) is 11.3 Å². The lowest BCUT2D eigenvalue weighted by Gasteiger charge is -2.17. The molecular weight excluding hydrogens is 264 g/mol. The molecule has 0 bridgehead atoms. The molecule has 2 aromatic rings. The predicted molar refractivity (Wildman–Crippen MR) is 74.9 cm³/mol. The maximum atomic E-state index is 12.0. The Labute approximate surface area is 112 Å². The molecule has 0 aliphatic carbocycles. The first-order valence-corrected chi connectivity index (χ1v) is 7.18. The van der Waals surface area contributed by atoms with E-state index in [1.165, 1.54) is 12.4 Å². The fraction of sp³-hybridized carbons (Fsp3) is 0.250. The number of benzene rings is 1. The number of anilines is 2. The van der Waals surface area contributed by atoms with Gasteiger partial charge in [0.1, 0.15) is 4.90 Å². The number of rotatable bonds is 4. The summed E-state index contributed by atoms with van der Waals surface area (Å²) >= 11 is 0. The maximum absolute atomic E-state index is 12.0. The summed E-state index contributed by atoms with van der Waals surface area (Å²) in [7, 11) is 0.239. The monoisotopic (exact) mass is 280 g/mol. The Balaban J connectivity index is 2.32. The van der Waals surface area contributed by atoms with Crippen molar-refractivity contribution < 1.29 is 8.42 Å². The largest absolute Gasteiger partial charge is 0.377 e. The van der Waals surface area contributed by atoms with Gasteiger partial charge in [0.2, 0.25) is 0 Å². The molecule has 0 spiro atoms. The van der Waals surface area contributed by atoms with Crippen molar-refractivity contribution in [2.24, 2.45) is 0 Å². The minimum absolute atomic E-state index is 0.111. The van der Waals surface area contributed by atoms with Gasteiger partial charge in [0.05, 0.1) is 11.9 Å². The molecule has 2 rings (SSSR count). The van der Waals surface area contributed by atoms with Crippen molar-refractivity contribution in [3.63, 3.8) is 0 Å². The molecule has 19 heavy (non-hydrogen) atoms. The molecule has 0 fully saturated rings. The number of nitrogens with zero attached hydrogens (tertiary/aromatic N) is 2. The molecule has 102 valence electrons. The summed E-state index contributed by atoms with van der Waals surface area (Å²) < 4.78 is 26.6. The van der Waals surface area contributed by atoms with E-state index in [9.17, 15) is 8.42 Å². The molecule has 6 nitrogen and oxygen atoms in total. The first-order chi connectivity index (χ1) is 8.90. The molecule has 0 radical (unpaired) electrons. The molecule has 1 aromatic heterocycles. The van der Waals surface area contributed by atoms with Crippen molar-refractivity contribution in [2.75, 3.05) is 23.7 Å². The lowest BCUT2D eigenvalue weighted by atomic mass is 10.2. The number of aromatic nitrogens is 2. The highest BCUT2D eigenvalue weighted by atomic mass is 32.2. The summed E-state index contributed by atoms with van der Waals surface area (Å²) in [5.41, 5.74) is 2.57. The number of aryl methyl sites for hydroxylation is 1. The Kier molecular flexibility index (Phi) is 3.48. The summed E-state index contributed by atoms with van der Waals surface area (Å²) in [4.78, 5) is 2.05. The number of aromatic amines is 1. The number of hydrogen-bond donors (Lipinski definition) is 2. The highest BCUT2D eigenvalue weighted by molar-refractivity contribution is 7.92. The van der Waals surface area contributed by atoms with Gasteiger partial charge in [-0.15, -0.1) is 0 Å². The van der Waals surface area contributed by atoms with Crippen molar-refractivity contribution in [3.05, 3.63) is 36.2 Å². The van der Waals surface area contributed by atoms with Crippen LogP contribution < -0.4 is 9.62 Å². The number of nitrogens with one attached hydrogen (secondary N) is 2. The molecular formula is C12H16N4O2S. The van der Waals surface area contributed by atoms with Gasteiger partial charge in [0, 0.05) is 26.0 Å². The summed E-state index contributed by atoms with van der Waals surface area (Å²) in [5.74, 6) is 0. The van der Waals surface area contributed by atoms with Crippen LogP contribution in [0.2, 0.25) is 0 Å². The van der Waals surface area contributed by atoms with Crippen LogP contribution in [0.5, 0.6) is 0 Å². The van der Waals surface area contributed by atoms with Crippen LogP contribution in [-0.4, -0.2) is 32.7 Å². The van der Waals surface area contributed by atoms with Gasteiger partial charge in [-0.05, 0) is 24.6 Å². The SMILES string of the molecule is Cc1ccc(NS(=O)(=O)c2cn[nH]c2)cc1N(C)C. The normalized spacial score (nSPS) is 11.3. The molecule has 0 amide bonds. The highest BCUT2D eigenvalue weighted by Gasteiger charge is 2.15. The fourth-order valence-electron chi connectivity index (χ4n) is 1.75. The number of hydrogen-bond acceptors (Lipinski definition) is 4. The minimum atomic E-state index is -3.59. The Morgan fingerprint density at radius 3 is 2.63 bits per heavy atom. The van der Waals surface area contributed by atoms with E-state index in [-0.39, 0.29) is 4.90 Å². The molecule has 7 heteroatoms. The van der Waals surface area contributed by atoms with E-state index in [2.05, 4.69) is 14.9 Å². The van der Waals surface area contributed by atoms with Crippen LogP contribution in [0.3, 0.4) is 0 Å². The fourth-order valence-corrected chi connectivity index (χ4v) is 2.71. The van der Waals surface area contributed by atoms with Crippen molar-refractivity contribution in [2.45, 2.75) is 11.8 Å². The second kappa shape index (κ2) is 4.93. The van der Waals surface area contributed by atoms with Gasteiger partial charge >= 0.3 is 0 Å². The zero-order valence-corrected chi connectivity index (χ0v) is 11.8. The van der Waals surface area contributed by atoms with Crippen LogP contribution in [0.15, 0.2) is 35.5 Å². The van der Waals surface area contributed by atoms with Crippen LogP contribution in [-0.2, 0) is 10.0 Å². The third kappa shape index (κ3) is 2.87. The Bertz CT molecular complexity index is 663. The number of sulfonamides is 1. The lowest BCUT2D eigenvalue weighted by Crippen LogP contribution is -2.14. The van der Waals surface area contributed by atoms with E-state index >= 15 is 0 Å². The van der Waals surface area contributed by atoms with Gasteiger partial charge in [-0.3, -0.25) is 9.82 Å². The van der Waals surface area contributed by atoms with E-state index in [4.69, 9.17) is 0 Å². The van der Waals surface area contributed by atoms with Crippen molar-refractivity contribution in [3.8, 4) is 0 Å². The lowest BCUT2D eigenvalue weighted by molar-refractivity contribution is 0.601. The van der Waals surface area contributed by atoms with Gasteiger partial charge in [-0.1, -0.05) is 6.07 Å². The molecule has 0 unspecified atom stereocenters. The zero-order valence-electron chi connectivity index (χ0n) is 11.0. The Morgan fingerprint density at radius 2 is 2.05 bits per heavy atom. The average molecular weight is 280 g/mol.